The maximum Gasteiger partial charge on any atom is 0.341 e. The van der Waals surface area contributed by atoms with Crippen molar-refractivity contribution in [2.45, 2.75) is 13.5 Å². The van der Waals surface area contributed by atoms with Crippen molar-refractivity contribution < 1.29 is 9.53 Å². The molecule has 2 aromatic carbocycles. The Bertz CT molecular complexity index is 1180. The molecule has 0 amide bonds. The number of carbonyl (C=O) groups excluding carboxylic acids is 1. The predicted molar refractivity (Wildman–Crippen MR) is 106 cm³/mol. The lowest BCUT2D eigenvalue weighted by molar-refractivity contribution is 0.0600. The normalized spacial score (nSPS) is 10.9. The number of aryl methyl sites for hydroxylation is 1. The minimum Gasteiger partial charge on any atom is -0.465 e. The lowest BCUT2D eigenvalue weighted by Gasteiger charge is -2.11. The SMILES string of the molecule is COC(=O)c1cn(Cc2ccccc2)cc2c(=O)n(-c3ccccc3C)nc1-2. The van der Waals surface area contributed by atoms with Crippen molar-refractivity contribution in [1.29, 1.82) is 0 Å². The predicted octanol–water partition coefficient (Wildman–Crippen LogP) is 3.28. The van der Waals surface area contributed by atoms with Crippen LogP contribution in [0.25, 0.3) is 16.9 Å². The molecule has 6 heteroatoms. The Morgan fingerprint density at radius 2 is 1.75 bits per heavy atom. The molecule has 2 aliphatic heterocycles. The molecule has 2 aromatic rings. The van der Waals surface area contributed by atoms with Crippen molar-refractivity contribution in [3.8, 4) is 16.9 Å². The Morgan fingerprint density at radius 1 is 1.04 bits per heavy atom. The van der Waals surface area contributed by atoms with Crippen LogP contribution in [-0.4, -0.2) is 27.4 Å². The number of hydrogen-bond acceptors (Lipinski definition) is 4. The van der Waals surface area contributed by atoms with Gasteiger partial charge in [-0.2, -0.15) is 9.78 Å². The van der Waals surface area contributed by atoms with Crippen molar-refractivity contribution >= 4 is 5.97 Å². The summed E-state index contributed by atoms with van der Waals surface area (Å²) in [6, 6.07) is 17.3. The van der Waals surface area contributed by atoms with Crippen molar-refractivity contribution in [3.63, 3.8) is 0 Å². The van der Waals surface area contributed by atoms with E-state index in [2.05, 4.69) is 5.10 Å². The topological polar surface area (TPSA) is 66.1 Å². The van der Waals surface area contributed by atoms with Gasteiger partial charge in [0.25, 0.3) is 5.56 Å². The van der Waals surface area contributed by atoms with Crippen molar-refractivity contribution in [1.82, 2.24) is 14.3 Å². The fourth-order valence-corrected chi connectivity index (χ4v) is 3.27. The van der Waals surface area contributed by atoms with E-state index in [0.717, 1.165) is 11.1 Å². The van der Waals surface area contributed by atoms with Gasteiger partial charge in [0, 0.05) is 18.9 Å². The standard InChI is InChI=1S/C22H19N3O3/c1-15-8-6-7-11-19(15)25-21(26)17-13-24(12-16-9-4-3-5-10-16)14-18(20(17)23-25)22(27)28-2/h3-11,13-14H,12H2,1-2H3. The summed E-state index contributed by atoms with van der Waals surface area (Å²) >= 11 is 0. The molecule has 140 valence electrons. The fourth-order valence-electron chi connectivity index (χ4n) is 3.27. The summed E-state index contributed by atoms with van der Waals surface area (Å²) in [6.07, 6.45) is 3.41. The summed E-state index contributed by atoms with van der Waals surface area (Å²) < 4.78 is 8.09. The molecule has 0 saturated heterocycles. The van der Waals surface area contributed by atoms with Gasteiger partial charge in [-0.25, -0.2) is 4.79 Å². The molecule has 0 atom stereocenters. The van der Waals surface area contributed by atoms with E-state index in [0.29, 0.717) is 23.5 Å². The Labute approximate surface area is 162 Å². The van der Waals surface area contributed by atoms with Crippen LogP contribution >= 0.6 is 0 Å². The number of aromatic nitrogens is 3. The van der Waals surface area contributed by atoms with Crippen molar-refractivity contribution in [3.05, 3.63) is 94.0 Å². The summed E-state index contributed by atoms with van der Waals surface area (Å²) in [5.41, 5.74) is 3.38. The van der Waals surface area contributed by atoms with Gasteiger partial charge in [0.15, 0.2) is 0 Å². The van der Waals surface area contributed by atoms with E-state index >= 15 is 0 Å². The molecule has 0 aromatic heterocycles. The van der Waals surface area contributed by atoms with Gasteiger partial charge in [0.05, 0.1) is 18.4 Å². The number of pyridine rings is 1. The quantitative estimate of drug-likeness (QED) is 0.515. The van der Waals surface area contributed by atoms with Gasteiger partial charge in [-0.3, -0.25) is 4.79 Å². The van der Waals surface area contributed by atoms with Gasteiger partial charge in [0.1, 0.15) is 11.3 Å². The number of nitrogens with zero attached hydrogens (tertiary/aromatic N) is 3. The largest absolute Gasteiger partial charge is 0.465 e. The average Bonchev–Trinajstić information content (AvgIpc) is 3.04. The first kappa shape index (κ1) is 17.7. The highest BCUT2D eigenvalue weighted by atomic mass is 16.5. The lowest BCUT2D eigenvalue weighted by atomic mass is 10.1. The number of para-hydroxylation sites is 1. The minimum absolute atomic E-state index is 0.264. The zero-order valence-electron chi connectivity index (χ0n) is 15.6. The highest BCUT2D eigenvalue weighted by molar-refractivity contribution is 5.96. The van der Waals surface area contributed by atoms with Gasteiger partial charge in [0.2, 0.25) is 0 Å². The summed E-state index contributed by atoms with van der Waals surface area (Å²) in [7, 11) is 1.32. The molecule has 0 saturated carbocycles. The highest BCUT2D eigenvalue weighted by Gasteiger charge is 2.25. The number of ether oxygens (including phenoxy) is 1. The second kappa shape index (κ2) is 7.15. The average molecular weight is 373 g/mol. The molecule has 4 rings (SSSR count). The molecule has 0 N–H and O–H groups in total. The summed E-state index contributed by atoms with van der Waals surface area (Å²) in [5, 5.41) is 4.45. The number of esters is 1. The minimum atomic E-state index is -0.526. The van der Waals surface area contributed by atoms with Gasteiger partial charge < -0.3 is 9.30 Å². The zero-order valence-corrected chi connectivity index (χ0v) is 15.6. The molecule has 28 heavy (non-hydrogen) atoms. The third-order valence-electron chi connectivity index (χ3n) is 4.68. The number of rotatable bonds is 4. The third-order valence-corrected chi connectivity index (χ3v) is 4.68. The number of methoxy groups -OCH3 is 1. The van der Waals surface area contributed by atoms with E-state index in [-0.39, 0.29) is 11.1 Å². The van der Waals surface area contributed by atoms with Crippen LogP contribution in [0, 0.1) is 6.92 Å². The number of carbonyl (C=O) groups is 1. The zero-order chi connectivity index (χ0) is 19.7. The maximum absolute atomic E-state index is 13.1. The van der Waals surface area contributed by atoms with E-state index < -0.39 is 5.97 Å². The second-order valence-corrected chi connectivity index (χ2v) is 6.59. The number of benzene rings is 2. The van der Waals surface area contributed by atoms with Crippen LogP contribution in [0.2, 0.25) is 0 Å². The second-order valence-electron chi connectivity index (χ2n) is 6.59. The van der Waals surface area contributed by atoms with Crippen molar-refractivity contribution in [2.24, 2.45) is 0 Å². The molecule has 0 aliphatic carbocycles. The highest BCUT2D eigenvalue weighted by Crippen LogP contribution is 2.24. The van der Waals surface area contributed by atoms with Crippen LogP contribution in [0.3, 0.4) is 0 Å². The molecule has 0 spiro atoms. The van der Waals surface area contributed by atoms with Crippen LogP contribution in [0.15, 0.2) is 71.8 Å². The van der Waals surface area contributed by atoms with Crippen LogP contribution in [-0.2, 0) is 11.3 Å². The van der Waals surface area contributed by atoms with Crippen LogP contribution in [0.4, 0.5) is 0 Å². The Balaban J connectivity index is 1.92. The van der Waals surface area contributed by atoms with Gasteiger partial charge >= 0.3 is 5.97 Å². The van der Waals surface area contributed by atoms with E-state index in [1.165, 1.54) is 11.8 Å². The molecule has 0 radical (unpaired) electrons. The smallest absolute Gasteiger partial charge is 0.341 e. The van der Waals surface area contributed by atoms with E-state index in [4.69, 9.17) is 4.74 Å². The first-order chi connectivity index (χ1) is 13.6. The van der Waals surface area contributed by atoms with Gasteiger partial charge in [-0.15, -0.1) is 0 Å². The monoisotopic (exact) mass is 373 g/mol. The summed E-state index contributed by atoms with van der Waals surface area (Å²) in [6.45, 7) is 2.44. The molecule has 0 unspecified atom stereocenters. The third kappa shape index (κ3) is 3.09. The first-order valence-corrected chi connectivity index (χ1v) is 8.89. The Hall–Kier alpha value is -3.67. The van der Waals surface area contributed by atoms with Crippen LogP contribution in [0.5, 0.6) is 0 Å². The van der Waals surface area contributed by atoms with E-state index in [1.807, 2.05) is 66.1 Å². The summed E-state index contributed by atoms with van der Waals surface area (Å²) in [5.74, 6) is -0.526. The number of hydrogen-bond donors (Lipinski definition) is 0. The molecule has 6 nitrogen and oxygen atoms in total. The Morgan fingerprint density at radius 3 is 2.46 bits per heavy atom. The molecule has 0 fully saturated rings. The van der Waals surface area contributed by atoms with Gasteiger partial charge in [-0.05, 0) is 24.1 Å². The van der Waals surface area contributed by atoms with Crippen LogP contribution < -0.4 is 5.56 Å². The molecule has 2 aliphatic rings. The maximum atomic E-state index is 13.1. The van der Waals surface area contributed by atoms with E-state index in [9.17, 15) is 9.59 Å². The molecular weight excluding hydrogens is 354 g/mol. The van der Waals surface area contributed by atoms with Crippen LogP contribution in [0.1, 0.15) is 21.5 Å². The first-order valence-electron chi connectivity index (χ1n) is 8.89. The molecular formula is C22H19N3O3. The Kier molecular flexibility index (Phi) is 4.53. The summed E-state index contributed by atoms with van der Waals surface area (Å²) in [4.78, 5) is 25.5. The lowest BCUT2D eigenvalue weighted by Crippen LogP contribution is -2.16. The molecule has 0 bridgehead atoms. The number of fused-ring (bicyclic) bond motifs is 1. The fraction of sp³-hybridized carbons (Fsp3) is 0.136. The van der Waals surface area contributed by atoms with Gasteiger partial charge in [-0.1, -0.05) is 48.5 Å². The van der Waals surface area contributed by atoms with Crippen molar-refractivity contribution in [2.75, 3.05) is 7.11 Å². The van der Waals surface area contributed by atoms with E-state index in [1.54, 1.807) is 12.4 Å². The molecule has 2 heterocycles.